The van der Waals surface area contributed by atoms with Gasteiger partial charge in [-0.05, 0) is 39.3 Å². The predicted molar refractivity (Wildman–Crippen MR) is 85.9 cm³/mol. The number of piperazine rings is 1. The minimum absolute atomic E-state index is 0.108. The van der Waals surface area contributed by atoms with E-state index in [1.54, 1.807) is 0 Å². The maximum absolute atomic E-state index is 6.14. The monoisotopic (exact) mass is 275 g/mol. The molecule has 2 atom stereocenters. The average molecular weight is 275 g/mol. The molecule has 1 aliphatic heterocycles. The number of hydrogen-bond donors (Lipinski definition) is 1. The molecule has 3 heteroatoms. The summed E-state index contributed by atoms with van der Waals surface area (Å²) in [5, 5.41) is 0. The Bertz CT molecular complexity index is 406. The van der Waals surface area contributed by atoms with Crippen LogP contribution in [0.3, 0.4) is 0 Å². The summed E-state index contributed by atoms with van der Waals surface area (Å²) in [6.45, 7) is 8.80. The van der Waals surface area contributed by atoms with Crippen molar-refractivity contribution in [3.05, 3.63) is 35.9 Å². The van der Waals surface area contributed by atoms with Gasteiger partial charge in [0, 0.05) is 37.8 Å². The van der Waals surface area contributed by atoms with Crippen molar-refractivity contribution in [1.82, 2.24) is 9.80 Å². The fourth-order valence-electron chi connectivity index (χ4n) is 3.36. The molecule has 1 saturated heterocycles. The Labute approximate surface area is 123 Å². The molecule has 2 unspecified atom stereocenters. The molecular formula is C17H29N3. The summed E-state index contributed by atoms with van der Waals surface area (Å²) < 4.78 is 0. The van der Waals surface area contributed by atoms with Crippen LogP contribution in [0.1, 0.15) is 25.8 Å². The van der Waals surface area contributed by atoms with E-state index in [9.17, 15) is 0 Å². The Kier molecular flexibility index (Phi) is 5.19. The van der Waals surface area contributed by atoms with Crippen LogP contribution in [-0.2, 0) is 6.42 Å². The highest BCUT2D eigenvalue weighted by Gasteiger charge is 2.35. The molecule has 20 heavy (non-hydrogen) atoms. The first-order valence-corrected chi connectivity index (χ1v) is 7.74. The minimum atomic E-state index is 0.108. The largest absolute Gasteiger partial charge is 0.329 e. The van der Waals surface area contributed by atoms with Gasteiger partial charge in [0.2, 0.25) is 0 Å². The van der Waals surface area contributed by atoms with E-state index in [-0.39, 0.29) is 5.54 Å². The zero-order valence-electron chi connectivity index (χ0n) is 13.2. The van der Waals surface area contributed by atoms with E-state index in [0.717, 1.165) is 39.0 Å². The molecule has 1 aromatic rings. The molecule has 0 saturated carbocycles. The van der Waals surface area contributed by atoms with Crippen LogP contribution in [0, 0.1) is 0 Å². The highest BCUT2D eigenvalue weighted by atomic mass is 15.3. The van der Waals surface area contributed by atoms with Crippen LogP contribution >= 0.6 is 0 Å². The zero-order chi connectivity index (χ0) is 14.6. The smallest absolute Gasteiger partial charge is 0.0310 e. The number of rotatable bonds is 5. The second-order valence-corrected chi connectivity index (χ2v) is 6.49. The molecule has 3 nitrogen and oxygen atoms in total. The third-order valence-electron chi connectivity index (χ3n) is 4.76. The summed E-state index contributed by atoms with van der Waals surface area (Å²) in [5.41, 5.74) is 7.66. The van der Waals surface area contributed by atoms with E-state index in [2.05, 4.69) is 61.0 Å². The van der Waals surface area contributed by atoms with Gasteiger partial charge in [-0.2, -0.15) is 0 Å². The lowest BCUT2D eigenvalue weighted by Crippen LogP contribution is -2.62. The first kappa shape index (κ1) is 15.5. The number of benzene rings is 1. The molecule has 1 aromatic carbocycles. The van der Waals surface area contributed by atoms with Gasteiger partial charge in [-0.1, -0.05) is 30.3 Å². The Hall–Kier alpha value is -0.900. The number of nitrogens with zero attached hydrogens (tertiary/aromatic N) is 2. The van der Waals surface area contributed by atoms with Gasteiger partial charge >= 0.3 is 0 Å². The summed E-state index contributed by atoms with van der Waals surface area (Å²) >= 11 is 0. The van der Waals surface area contributed by atoms with Gasteiger partial charge in [-0.25, -0.2) is 0 Å². The SMILES string of the molecule is CC1CN(C)CCN1C(C)(CN)CCc1ccccc1. The summed E-state index contributed by atoms with van der Waals surface area (Å²) in [6.07, 6.45) is 2.23. The lowest BCUT2D eigenvalue weighted by Gasteiger charge is -2.49. The molecule has 0 bridgehead atoms. The fourth-order valence-corrected chi connectivity index (χ4v) is 3.36. The van der Waals surface area contributed by atoms with Crippen molar-refractivity contribution in [2.75, 3.05) is 33.2 Å². The van der Waals surface area contributed by atoms with E-state index in [1.165, 1.54) is 5.56 Å². The van der Waals surface area contributed by atoms with E-state index in [4.69, 9.17) is 5.73 Å². The highest BCUT2D eigenvalue weighted by molar-refractivity contribution is 5.15. The van der Waals surface area contributed by atoms with Gasteiger partial charge < -0.3 is 10.6 Å². The van der Waals surface area contributed by atoms with E-state index >= 15 is 0 Å². The van der Waals surface area contributed by atoms with Gasteiger partial charge in [0.25, 0.3) is 0 Å². The molecule has 0 aliphatic carbocycles. The van der Waals surface area contributed by atoms with Crippen molar-refractivity contribution in [2.24, 2.45) is 5.73 Å². The van der Waals surface area contributed by atoms with Crippen LogP contribution < -0.4 is 5.73 Å². The summed E-state index contributed by atoms with van der Waals surface area (Å²) in [7, 11) is 2.21. The number of hydrogen-bond acceptors (Lipinski definition) is 3. The van der Waals surface area contributed by atoms with Crippen molar-refractivity contribution in [3.63, 3.8) is 0 Å². The molecule has 0 amide bonds. The van der Waals surface area contributed by atoms with Crippen LogP contribution in [-0.4, -0.2) is 54.6 Å². The van der Waals surface area contributed by atoms with Crippen LogP contribution in [0.4, 0.5) is 0 Å². The van der Waals surface area contributed by atoms with E-state index < -0.39 is 0 Å². The Morgan fingerprint density at radius 1 is 1.25 bits per heavy atom. The second kappa shape index (κ2) is 6.70. The summed E-state index contributed by atoms with van der Waals surface area (Å²) in [6, 6.07) is 11.3. The lowest BCUT2D eigenvalue weighted by molar-refractivity contribution is 0.00833. The molecule has 1 heterocycles. The van der Waals surface area contributed by atoms with Gasteiger partial charge in [-0.15, -0.1) is 0 Å². The molecule has 0 spiro atoms. The van der Waals surface area contributed by atoms with E-state index in [0.29, 0.717) is 6.04 Å². The Morgan fingerprint density at radius 2 is 1.95 bits per heavy atom. The van der Waals surface area contributed by atoms with Gasteiger partial charge in [0.15, 0.2) is 0 Å². The molecule has 2 N–H and O–H groups in total. The van der Waals surface area contributed by atoms with Crippen LogP contribution in [0.25, 0.3) is 0 Å². The fraction of sp³-hybridized carbons (Fsp3) is 0.647. The van der Waals surface area contributed by atoms with Crippen molar-refractivity contribution in [2.45, 2.75) is 38.3 Å². The Balaban J connectivity index is 2.01. The quantitative estimate of drug-likeness (QED) is 0.892. The molecule has 1 fully saturated rings. The maximum Gasteiger partial charge on any atom is 0.0310 e. The van der Waals surface area contributed by atoms with Crippen molar-refractivity contribution in [3.8, 4) is 0 Å². The normalized spacial score (nSPS) is 24.5. The van der Waals surface area contributed by atoms with Gasteiger partial charge in [0.05, 0.1) is 0 Å². The molecule has 112 valence electrons. The standard InChI is InChI=1S/C17H29N3/c1-15-13-19(3)11-12-20(15)17(2,14-18)10-9-16-7-5-4-6-8-16/h4-8,15H,9-14,18H2,1-3H3. The van der Waals surface area contributed by atoms with Crippen LogP contribution in [0.5, 0.6) is 0 Å². The van der Waals surface area contributed by atoms with Crippen LogP contribution in [0.2, 0.25) is 0 Å². The molecule has 0 aromatic heterocycles. The third-order valence-corrected chi connectivity index (χ3v) is 4.76. The minimum Gasteiger partial charge on any atom is -0.329 e. The maximum atomic E-state index is 6.14. The second-order valence-electron chi connectivity index (χ2n) is 6.49. The molecule has 1 aliphatic rings. The van der Waals surface area contributed by atoms with Crippen LogP contribution in [0.15, 0.2) is 30.3 Å². The van der Waals surface area contributed by atoms with Crippen molar-refractivity contribution < 1.29 is 0 Å². The average Bonchev–Trinajstić information content (AvgIpc) is 2.46. The molecule has 0 radical (unpaired) electrons. The predicted octanol–water partition coefficient (Wildman–Crippen LogP) is 1.97. The van der Waals surface area contributed by atoms with E-state index in [1.807, 2.05) is 0 Å². The number of likely N-dealkylation sites (N-methyl/N-ethyl adjacent to an activating group) is 1. The molecule has 2 rings (SSSR count). The van der Waals surface area contributed by atoms with Gasteiger partial charge in [-0.3, -0.25) is 4.90 Å². The topological polar surface area (TPSA) is 32.5 Å². The number of aryl methyl sites for hydroxylation is 1. The third kappa shape index (κ3) is 3.60. The highest BCUT2D eigenvalue weighted by Crippen LogP contribution is 2.25. The van der Waals surface area contributed by atoms with Crippen molar-refractivity contribution >= 4 is 0 Å². The molecular weight excluding hydrogens is 246 g/mol. The zero-order valence-corrected chi connectivity index (χ0v) is 13.2. The van der Waals surface area contributed by atoms with Crippen molar-refractivity contribution in [1.29, 1.82) is 0 Å². The summed E-state index contributed by atoms with van der Waals surface area (Å²) in [4.78, 5) is 5.03. The first-order chi connectivity index (χ1) is 9.55. The number of nitrogens with two attached hydrogens (primary N) is 1. The lowest BCUT2D eigenvalue weighted by atomic mass is 9.89. The first-order valence-electron chi connectivity index (χ1n) is 7.74. The summed E-state index contributed by atoms with van der Waals surface area (Å²) in [5.74, 6) is 0. The Morgan fingerprint density at radius 3 is 2.55 bits per heavy atom. The van der Waals surface area contributed by atoms with Gasteiger partial charge in [0.1, 0.15) is 0 Å².